The zero-order valence-electron chi connectivity index (χ0n) is 20.0. The smallest absolute Gasteiger partial charge is 0.269 e. The Labute approximate surface area is 211 Å². The fourth-order valence-electron chi connectivity index (χ4n) is 3.84. The number of carbonyl (C=O) groups excluding carboxylic acids is 3. The Morgan fingerprint density at radius 1 is 1.09 bits per heavy atom. The van der Waals surface area contributed by atoms with Crippen LogP contribution in [0.5, 0.6) is 0 Å². The maximum atomic E-state index is 13.2. The van der Waals surface area contributed by atoms with E-state index < -0.39 is 22.0 Å². The maximum Gasteiger partial charge on any atom is 0.269 e. The fraction of sp³-hybridized carbons (Fsp3) is 0.400. The highest BCUT2D eigenvalue weighted by Gasteiger charge is 2.40. The average Bonchev–Trinajstić information content (AvgIpc) is 3.01. The molecule has 8 nitrogen and oxygen atoms in total. The number of carbonyl (C=O) groups is 3. The number of rotatable bonds is 10. The van der Waals surface area contributed by atoms with Gasteiger partial charge in [-0.3, -0.25) is 14.4 Å². The average molecular weight is 520 g/mol. The van der Waals surface area contributed by atoms with Crippen molar-refractivity contribution in [2.75, 3.05) is 13.1 Å². The second kappa shape index (κ2) is 11.2. The first kappa shape index (κ1) is 26.7. The third-order valence-electron chi connectivity index (χ3n) is 5.76. The Balaban J connectivity index is 1.70. The summed E-state index contributed by atoms with van der Waals surface area (Å²) in [6.07, 6.45) is 0.0994. The normalized spacial score (nSPS) is 15.1. The van der Waals surface area contributed by atoms with Crippen LogP contribution in [0.25, 0.3) is 0 Å². The first-order valence-electron chi connectivity index (χ1n) is 11.5. The van der Waals surface area contributed by atoms with Crippen molar-refractivity contribution in [2.24, 2.45) is 5.92 Å². The van der Waals surface area contributed by atoms with E-state index in [0.717, 1.165) is 9.87 Å². The van der Waals surface area contributed by atoms with Crippen molar-refractivity contribution in [1.82, 2.24) is 14.5 Å². The molecule has 0 aliphatic carbocycles. The predicted octanol–water partition coefficient (Wildman–Crippen LogP) is 3.45. The molecule has 1 atom stereocenters. The molecule has 188 valence electrons. The summed E-state index contributed by atoms with van der Waals surface area (Å²) in [5, 5.41) is 3.37. The quantitative estimate of drug-likeness (QED) is 0.517. The summed E-state index contributed by atoms with van der Waals surface area (Å²) in [5.41, 5.74) is 0.902. The lowest BCUT2D eigenvalue weighted by molar-refractivity contribution is -0.140. The molecule has 0 aromatic heterocycles. The summed E-state index contributed by atoms with van der Waals surface area (Å²) >= 11 is 6.09. The number of fused-ring (bicyclic) bond motifs is 1. The van der Waals surface area contributed by atoms with Crippen LogP contribution < -0.4 is 5.32 Å². The van der Waals surface area contributed by atoms with Crippen LogP contribution in [0.1, 0.15) is 49.5 Å². The van der Waals surface area contributed by atoms with Gasteiger partial charge in [-0.25, -0.2) is 12.7 Å². The van der Waals surface area contributed by atoms with Crippen LogP contribution in [0, 0.1) is 5.92 Å². The second-order valence-corrected chi connectivity index (χ2v) is 11.2. The van der Waals surface area contributed by atoms with E-state index in [4.69, 9.17) is 11.6 Å². The van der Waals surface area contributed by atoms with E-state index >= 15 is 0 Å². The molecule has 3 amide bonds. The monoisotopic (exact) mass is 519 g/mol. The molecule has 0 unspecified atom stereocenters. The summed E-state index contributed by atoms with van der Waals surface area (Å²) in [6, 6.07) is 12.3. The zero-order valence-corrected chi connectivity index (χ0v) is 21.6. The van der Waals surface area contributed by atoms with Crippen molar-refractivity contribution in [1.29, 1.82) is 0 Å². The number of amides is 3. The van der Waals surface area contributed by atoms with Gasteiger partial charge >= 0.3 is 0 Å². The number of benzene rings is 2. The number of hydrogen-bond acceptors (Lipinski definition) is 5. The lowest BCUT2D eigenvalue weighted by atomic mass is 10.1. The molecule has 1 N–H and O–H groups in total. The molecule has 10 heteroatoms. The van der Waals surface area contributed by atoms with Crippen LogP contribution in [0.3, 0.4) is 0 Å². The fourth-order valence-corrected chi connectivity index (χ4v) is 5.66. The second-order valence-electron chi connectivity index (χ2n) is 8.95. The topological polar surface area (TPSA) is 104 Å². The largest absolute Gasteiger partial charge is 0.354 e. The van der Waals surface area contributed by atoms with Gasteiger partial charge in [0.1, 0.15) is 10.9 Å². The standard InChI is InChI=1S/C25H30ClN3O5S/c1-17(2)15-27-24(31)18(3)28(16-19-8-6-9-20(26)14-19)23(30)12-7-13-29-25(32)21-10-4-5-11-22(21)35(29,33)34/h4-6,8-11,14,17-18H,7,12-13,15-16H2,1-3H3,(H,27,31)/t18-/m0/s1. The molecule has 1 aliphatic heterocycles. The van der Waals surface area contributed by atoms with E-state index in [2.05, 4.69) is 5.32 Å². The van der Waals surface area contributed by atoms with Crippen LogP contribution in [-0.2, 0) is 26.2 Å². The number of nitrogens with one attached hydrogen (secondary N) is 1. The van der Waals surface area contributed by atoms with Crippen molar-refractivity contribution in [3.05, 3.63) is 64.7 Å². The van der Waals surface area contributed by atoms with Gasteiger partial charge in [0.05, 0.1) is 5.56 Å². The summed E-state index contributed by atoms with van der Waals surface area (Å²) < 4.78 is 26.3. The van der Waals surface area contributed by atoms with Gasteiger partial charge in [-0.2, -0.15) is 0 Å². The third-order valence-corrected chi connectivity index (χ3v) is 7.83. The Morgan fingerprint density at radius 2 is 1.80 bits per heavy atom. The van der Waals surface area contributed by atoms with Gasteiger partial charge in [0.15, 0.2) is 0 Å². The number of sulfonamides is 1. The molecule has 2 aromatic carbocycles. The van der Waals surface area contributed by atoms with Gasteiger partial charge in [0.2, 0.25) is 11.8 Å². The minimum Gasteiger partial charge on any atom is -0.354 e. The summed E-state index contributed by atoms with van der Waals surface area (Å²) in [5.74, 6) is -0.932. The first-order valence-corrected chi connectivity index (χ1v) is 13.3. The molecule has 3 rings (SSSR count). The molecule has 0 saturated heterocycles. The van der Waals surface area contributed by atoms with Crippen molar-refractivity contribution < 1.29 is 22.8 Å². The molecule has 2 aromatic rings. The lowest BCUT2D eigenvalue weighted by Crippen LogP contribution is -2.48. The molecule has 0 saturated carbocycles. The van der Waals surface area contributed by atoms with Gasteiger partial charge in [-0.1, -0.05) is 49.7 Å². The van der Waals surface area contributed by atoms with E-state index in [1.54, 1.807) is 37.3 Å². The lowest BCUT2D eigenvalue weighted by Gasteiger charge is -2.29. The number of halogens is 1. The SMILES string of the molecule is CC(C)CNC(=O)[C@H](C)N(Cc1cccc(Cl)c1)C(=O)CCCN1C(=O)c2ccccc2S1(=O)=O. The Morgan fingerprint density at radius 3 is 2.46 bits per heavy atom. The third kappa shape index (κ3) is 6.21. The maximum absolute atomic E-state index is 13.2. The molecule has 35 heavy (non-hydrogen) atoms. The summed E-state index contributed by atoms with van der Waals surface area (Å²) in [7, 11) is -3.93. The Bertz CT molecular complexity index is 1220. The van der Waals surface area contributed by atoms with Gasteiger partial charge in [0, 0.05) is 31.1 Å². The van der Waals surface area contributed by atoms with Crippen LogP contribution >= 0.6 is 11.6 Å². The van der Waals surface area contributed by atoms with Crippen molar-refractivity contribution in [2.45, 2.75) is 51.1 Å². The highest BCUT2D eigenvalue weighted by atomic mass is 35.5. The molecule has 0 bridgehead atoms. The van der Waals surface area contributed by atoms with E-state index in [0.29, 0.717) is 11.6 Å². The van der Waals surface area contributed by atoms with Crippen LogP contribution in [-0.4, -0.2) is 54.5 Å². The zero-order chi connectivity index (χ0) is 25.8. The minimum atomic E-state index is -3.93. The molecule has 1 aliphatic rings. The molecular weight excluding hydrogens is 490 g/mol. The van der Waals surface area contributed by atoms with Crippen LogP contribution in [0.2, 0.25) is 5.02 Å². The van der Waals surface area contributed by atoms with Crippen molar-refractivity contribution in [3.63, 3.8) is 0 Å². The first-order chi connectivity index (χ1) is 16.5. The van der Waals surface area contributed by atoms with Gasteiger partial charge < -0.3 is 10.2 Å². The van der Waals surface area contributed by atoms with Crippen molar-refractivity contribution >= 4 is 39.3 Å². The van der Waals surface area contributed by atoms with E-state index in [1.807, 2.05) is 19.9 Å². The predicted molar refractivity (Wildman–Crippen MR) is 133 cm³/mol. The van der Waals surface area contributed by atoms with E-state index in [-0.39, 0.29) is 54.1 Å². The van der Waals surface area contributed by atoms with E-state index in [9.17, 15) is 22.8 Å². The highest BCUT2D eigenvalue weighted by Crippen LogP contribution is 2.30. The van der Waals surface area contributed by atoms with Gasteiger partial charge in [-0.15, -0.1) is 0 Å². The highest BCUT2D eigenvalue weighted by molar-refractivity contribution is 7.90. The van der Waals surface area contributed by atoms with Crippen LogP contribution in [0.15, 0.2) is 53.4 Å². The Hall–Kier alpha value is -2.91. The molecule has 0 fully saturated rings. The van der Waals surface area contributed by atoms with Gasteiger partial charge in [0.25, 0.3) is 15.9 Å². The van der Waals surface area contributed by atoms with E-state index in [1.165, 1.54) is 17.0 Å². The minimum absolute atomic E-state index is 0.0191. The summed E-state index contributed by atoms with van der Waals surface area (Å²) in [4.78, 5) is 40.0. The summed E-state index contributed by atoms with van der Waals surface area (Å²) in [6.45, 7) is 6.14. The molecular formula is C25H30ClN3O5S. The Kier molecular flexibility index (Phi) is 8.56. The van der Waals surface area contributed by atoms with Crippen molar-refractivity contribution in [3.8, 4) is 0 Å². The van der Waals surface area contributed by atoms with Gasteiger partial charge in [-0.05, 0) is 49.1 Å². The number of hydrogen-bond donors (Lipinski definition) is 1. The molecule has 1 heterocycles. The molecule has 0 radical (unpaired) electrons. The number of nitrogens with zero attached hydrogens (tertiary/aromatic N) is 2. The molecule has 0 spiro atoms. The van der Waals surface area contributed by atoms with Crippen LogP contribution in [0.4, 0.5) is 0 Å².